The molecule has 0 bridgehead atoms. The zero-order chi connectivity index (χ0) is 12.9. The van der Waals surface area contributed by atoms with E-state index in [-0.39, 0.29) is 11.9 Å². The maximum absolute atomic E-state index is 12.2. The number of rotatable bonds is 4. The fourth-order valence-electron chi connectivity index (χ4n) is 2.39. The second kappa shape index (κ2) is 6.02. The lowest BCUT2D eigenvalue weighted by molar-refractivity contribution is -0.129. The van der Waals surface area contributed by atoms with Crippen molar-refractivity contribution in [1.82, 2.24) is 10.2 Å². The molecule has 1 aliphatic heterocycles. The third-order valence-electron chi connectivity index (χ3n) is 3.82. The van der Waals surface area contributed by atoms with Crippen LogP contribution >= 0.6 is 0 Å². The van der Waals surface area contributed by atoms with Crippen molar-refractivity contribution in [2.45, 2.75) is 45.6 Å². The molecule has 1 amide bonds. The van der Waals surface area contributed by atoms with E-state index in [9.17, 15) is 10.1 Å². The van der Waals surface area contributed by atoms with Crippen LogP contribution in [0.2, 0.25) is 0 Å². The summed E-state index contributed by atoms with van der Waals surface area (Å²) < 4.78 is 0. The summed E-state index contributed by atoms with van der Waals surface area (Å²) in [6.45, 7) is 5.79. The molecule has 17 heavy (non-hydrogen) atoms. The summed E-state index contributed by atoms with van der Waals surface area (Å²) in [5.41, 5.74) is -0.837. The molecule has 0 aromatic carbocycles. The lowest BCUT2D eigenvalue weighted by atomic mass is 9.82. The van der Waals surface area contributed by atoms with Crippen LogP contribution in [0, 0.1) is 16.7 Å². The van der Waals surface area contributed by atoms with Crippen LogP contribution < -0.4 is 5.32 Å². The first-order valence-corrected chi connectivity index (χ1v) is 6.48. The van der Waals surface area contributed by atoms with Gasteiger partial charge in [-0.2, -0.15) is 5.26 Å². The van der Waals surface area contributed by atoms with Gasteiger partial charge in [0.2, 0.25) is 5.91 Å². The number of carbonyl (C=O) groups is 1. The third-order valence-corrected chi connectivity index (χ3v) is 3.82. The zero-order valence-electron chi connectivity index (χ0n) is 11.1. The summed E-state index contributed by atoms with van der Waals surface area (Å²) in [6.07, 6.45) is 3.28. The maximum atomic E-state index is 12.2. The normalized spacial score (nSPS) is 21.9. The predicted octanol–water partition coefficient (Wildman–Crippen LogP) is 1.53. The average molecular weight is 237 g/mol. The molecule has 4 heteroatoms. The van der Waals surface area contributed by atoms with Crippen molar-refractivity contribution < 1.29 is 4.79 Å². The van der Waals surface area contributed by atoms with Gasteiger partial charge in [-0.1, -0.05) is 13.8 Å². The van der Waals surface area contributed by atoms with Crippen LogP contribution in [0.3, 0.4) is 0 Å². The maximum Gasteiger partial charge on any atom is 0.240 e. The summed E-state index contributed by atoms with van der Waals surface area (Å²) in [4.78, 5) is 14.4. The third kappa shape index (κ3) is 3.19. The van der Waals surface area contributed by atoms with Crippen molar-refractivity contribution >= 4 is 5.91 Å². The SMILES string of the molecule is CCC(C#N)(CC)C(=O)NC1CCCN(C)C1. The lowest BCUT2D eigenvalue weighted by Crippen LogP contribution is -2.50. The van der Waals surface area contributed by atoms with Gasteiger partial charge in [0, 0.05) is 12.6 Å². The van der Waals surface area contributed by atoms with Crippen molar-refractivity contribution in [2.24, 2.45) is 5.41 Å². The van der Waals surface area contributed by atoms with E-state index in [4.69, 9.17) is 0 Å². The first kappa shape index (κ1) is 14.0. The van der Waals surface area contributed by atoms with Crippen LogP contribution in [0.5, 0.6) is 0 Å². The molecule has 1 fully saturated rings. The second-order valence-corrected chi connectivity index (χ2v) is 4.98. The van der Waals surface area contributed by atoms with Crippen molar-refractivity contribution in [3.8, 4) is 6.07 Å². The molecular weight excluding hydrogens is 214 g/mol. The van der Waals surface area contributed by atoms with E-state index < -0.39 is 5.41 Å². The molecule has 1 rings (SSSR count). The van der Waals surface area contributed by atoms with E-state index in [2.05, 4.69) is 23.3 Å². The molecule has 1 aliphatic rings. The first-order chi connectivity index (χ1) is 8.07. The highest BCUT2D eigenvalue weighted by molar-refractivity contribution is 5.85. The van der Waals surface area contributed by atoms with Crippen LogP contribution in [0.4, 0.5) is 0 Å². The number of likely N-dealkylation sites (tertiary alicyclic amines) is 1. The molecule has 96 valence electrons. The Morgan fingerprint density at radius 2 is 2.18 bits per heavy atom. The monoisotopic (exact) mass is 237 g/mol. The van der Waals surface area contributed by atoms with E-state index in [0.717, 1.165) is 25.9 Å². The van der Waals surface area contributed by atoms with Crippen LogP contribution in [-0.2, 0) is 4.79 Å². The summed E-state index contributed by atoms with van der Waals surface area (Å²) in [7, 11) is 2.06. The van der Waals surface area contributed by atoms with Crippen LogP contribution in [-0.4, -0.2) is 37.0 Å². The van der Waals surface area contributed by atoms with Crippen molar-refractivity contribution in [2.75, 3.05) is 20.1 Å². The molecule has 0 aromatic rings. The highest BCUT2D eigenvalue weighted by Gasteiger charge is 2.36. The minimum absolute atomic E-state index is 0.0923. The van der Waals surface area contributed by atoms with Gasteiger partial charge in [0.15, 0.2) is 0 Å². The highest BCUT2D eigenvalue weighted by Crippen LogP contribution is 2.26. The van der Waals surface area contributed by atoms with Gasteiger partial charge < -0.3 is 10.2 Å². The topological polar surface area (TPSA) is 56.1 Å². The number of nitrogens with zero attached hydrogens (tertiary/aromatic N) is 2. The smallest absolute Gasteiger partial charge is 0.240 e. The van der Waals surface area contributed by atoms with Gasteiger partial charge in [0.1, 0.15) is 5.41 Å². The molecule has 1 unspecified atom stereocenters. The number of nitrogens with one attached hydrogen (secondary N) is 1. The Labute approximate surface area is 104 Å². The van der Waals surface area contributed by atoms with Gasteiger partial charge in [-0.15, -0.1) is 0 Å². The molecular formula is C13H23N3O. The standard InChI is InChI=1S/C13H23N3O/c1-4-13(5-2,10-14)12(17)15-11-7-6-8-16(3)9-11/h11H,4-9H2,1-3H3,(H,15,17). The van der Waals surface area contributed by atoms with Gasteiger partial charge in [-0.3, -0.25) is 4.79 Å². The minimum atomic E-state index is -0.837. The fourth-order valence-corrected chi connectivity index (χ4v) is 2.39. The van der Waals surface area contributed by atoms with Crippen molar-refractivity contribution in [3.63, 3.8) is 0 Å². The summed E-state index contributed by atoms with van der Waals surface area (Å²) in [6, 6.07) is 2.39. The Hall–Kier alpha value is -1.08. The van der Waals surface area contributed by atoms with Crippen molar-refractivity contribution in [3.05, 3.63) is 0 Å². The largest absolute Gasteiger partial charge is 0.351 e. The molecule has 0 spiro atoms. The molecule has 1 N–H and O–H groups in total. The molecule has 0 aliphatic carbocycles. The number of hydrogen-bond donors (Lipinski definition) is 1. The number of amides is 1. The second-order valence-electron chi connectivity index (χ2n) is 4.98. The Bertz CT molecular complexity index is 304. The Morgan fingerprint density at radius 3 is 2.65 bits per heavy atom. The van der Waals surface area contributed by atoms with Crippen LogP contribution in [0.1, 0.15) is 39.5 Å². The van der Waals surface area contributed by atoms with E-state index in [1.807, 2.05) is 13.8 Å². The van der Waals surface area contributed by atoms with E-state index >= 15 is 0 Å². The molecule has 0 radical (unpaired) electrons. The molecule has 1 heterocycles. The number of piperidine rings is 1. The summed E-state index contributed by atoms with van der Waals surface area (Å²) in [5, 5.41) is 12.2. The van der Waals surface area contributed by atoms with Gasteiger partial charge in [-0.05, 0) is 39.3 Å². The Balaban J connectivity index is 2.61. The van der Waals surface area contributed by atoms with Gasteiger partial charge in [0.05, 0.1) is 6.07 Å². The molecule has 4 nitrogen and oxygen atoms in total. The first-order valence-electron chi connectivity index (χ1n) is 6.48. The van der Waals surface area contributed by atoms with Crippen LogP contribution in [0.15, 0.2) is 0 Å². The minimum Gasteiger partial charge on any atom is -0.351 e. The number of likely N-dealkylation sites (N-methyl/N-ethyl adjacent to an activating group) is 1. The molecule has 0 aromatic heterocycles. The average Bonchev–Trinajstić information content (AvgIpc) is 2.32. The lowest BCUT2D eigenvalue weighted by Gasteiger charge is -2.32. The fraction of sp³-hybridized carbons (Fsp3) is 0.846. The summed E-state index contributed by atoms with van der Waals surface area (Å²) in [5.74, 6) is -0.0923. The van der Waals surface area contributed by atoms with Gasteiger partial charge in [-0.25, -0.2) is 0 Å². The van der Waals surface area contributed by atoms with E-state index in [0.29, 0.717) is 12.8 Å². The van der Waals surface area contributed by atoms with Gasteiger partial charge in [0.25, 0.3) is 0 Å². The Kier molecular flexibility index (Phi) is 4.95. The van der Waals surface area contributed by atoms with E-state index in [1.165, 1.54) is 0 Å². The molecule has 0 saturated carbocycles. The van der Waals surface area contributed by atoms with Gasteiger partial charge >= 0.3 is 0 Å². The van der Waals surface area contributed by atoms with Crippen molar-refractivity contribution in [1.29, 1.82) is 5.26 Å². The highest BCUT2D eigenvalue weighted by atomic mass is 16.2. The zero-order valence-corrected chi connectivity index (χ0v) is 11.1. The predicted molar refractivity (Wildman–Crippen MR) is 67.3 cm³/mol. The Morgan fingerprint density at radius 1 is 1.53 bits per heavy atom. The quantitative estimate of drug-likeness (QED) is 0.806. The molecule has 1 saturated heterocycles. The number of hydrogen-bond acceptors (Lipinski definition) is 3. The summed E-state index contributed by atoms with van der Waals surface area (Å²) >= 11 is 0. The van der Waals surface area contributed by atoms with E-state index in [1.54, 1.807) is 0 Å². The number of nitriles is 1. The van der Waals surface area contributed by atoms with Crippen LogP contribution in [0.25, 0.3) is 0 Å². The molecule has 1 atom stereocenters. The number of carbonyl (C=O) groups excluding carboxylic acids is 1.